The Morgan fingerprint density at radius 1 is 1.50 bits per heavy atom. The first-order valence-corrected chi connectivity index (χ1v) is 5.64. The first-order valence-electron chi connectivity index (χ1n) is 4.20. The van der Waals surface area contributed by atoms with Crippen LogP contribution in [0.25, 0.3) is 0 Å². The van der Waals surface area contributed by atoms with E-state index in [9.17, 15) is 4.79 Å². The molecule has 0 radical (unpaired) electrons. The molecule has 14 heavy (non-hydrogen) atoms. The third-order valence-electron chi connectivity index (χ3n) is 1.70. The molecule has 0 bridgehead atoms. The first kappa shape index (κ1) is 11.4. The number of rotatable bonds is 3. The van der Waals surface area contributed by atoms with Gasteiger partial charge in [0.2, 0.25) is 5.12 Å². The van der Waals surface area contributed by atoms with E-state index in [0.29, 0.717) is 11.3 Å². The average Bonchev–Trinajstić information content (AvgIpc) is 2.16. The molecule has 0 heterocycles. The van der Waals surface area contributed by atoms with Gasteiger partial charge in [-0.1, -0.05) is 36.5 Å². The average molecular weight is 224 g/mol. The second-order valence-corrected chi connectivity index (χ2v) is 4.42. The maximum Gasteiger partial charge on any atom is 0.214 e. The molecule has 1 rings (SSSR count). The number of carbonyl (C=O) groups excluding carboxylic acids is 1. The lowest BCUT2D eigenvalue weighted by molar-refractivity contribution is -0.107. The van der Waals surface area contributed by atoms with Crippen molar-refractivity contribution < 1.29 is 4.79 Å². The van der Waals surface area contributed by atoms with Crippen molar-refractivity contribution in [2.45, 2.75) is 17.6 Å². The predicted molar refractivity (Wildman–Crippen MR) is 64.8 cm³/mol. The fourth-order valence-corrected chi connectivity index (χ4v) is 2.03. The van der Waals surface area contributed by atoms with Crippen molar-refractivity contribution in [2.75, 3.05) is 0 Å². The van der Waals surface area contributed by atoms with Gasteiger partial charge in [0.05, 0.1) is 0 Å². The normalized spacial score (nSPS) is 9.86. The Hall–Kier alpha value is -0.670. The van der Waals surface area contributed by atoms with E-state index >= 15 is 0 Å². The fraction of sp³-hybridized carbons (Fsp3) is 0.182. The second kappa shape index (κ2) is 5.27. The van der Waals surface area contributed by atoms with Crippen LogP contribution < -0.4 is 0 Å². The molecule has 0 spiro atoms. The molecule has 0 aliphatic carbocycles. The molecule has 1 aromatic carbocycles. The molecule has 0 N–H and O–H groups in total. The van der Waals surface area contributed by atoms with E-state index in [1.165, 1.54) is 11.8 Å². The Morgan fingerprint density at radius 2 is 2.14 bits per heavy atom. The van der Waals surface area contributed by atoms with Gasteiger partial charge in [-0.05, 0) is 24.1 Å². The van der Waals surface area contributed by atoms with Crippen molar-refractivity contribution in [3.8, 4) is 0 Å². The number of hydrogen-bond acceptors (Lipinski definition) is 3. The van der Waals surface area contributed by atoms with E-state index in [0.717, 1.165) is 10.5 Å². The summed E-state index contributed by atoms with van der Waals surface area (Å²) in [7, 11) is 0. The third-order valence-corrected chi connectivity index (χ3v) is 3.20. The zero-order chi connectivity index (χ0) is 10.6. The number of thiol groups is 1. The lowest BCUT2D eigenvalue weighted by Crippen LogP contribution is -1.93. The van der Waals surface area contributed by atoms with Crippen molar-refractivity contribution >= 4 is 29.5 Å². The summed E-state index contributed by atoms with van der Waals surface area (Å²) in [5.41, 5.74) is 1.67. The van der Waals surface area contributed by atoms with Crippen LogP contribution in [0.1, 0.15) is 12.5 Å². The maximum absolute atomic E-state index is 11.3. The predicted octanol–water partition coefficient (Wildman–Crippen LogP) is 3.31. The van der Waals surface area contributed by atoms with Crippen LogP contribution in [0.4, 0.5) is 0 Å². The van der Waals surface area contributed by atoms with E-state index in [4.69, 9.17) is 0 Å². The van der Waals surface area contributed by atoms with E-state index < -0.39 is 0 Å². The van der Waals surface area contributed by atoms with Gasteiger partial charge in [0.1, 0.15) is 0 Å². The van der Waals surface area contributed by atoms with Crippen LogP contribution in [0.5, 0.6) is 0 Å². The van der Waals surface area contributed by atoms with Crippen LogP contribution >= 0.6 is 24.4 Å². The Balaban J connectivity index is 2.58. The van der Waals surface area contributed by atoms with Gasteiger partial charge in [0.25, 0.3) is 0 Å². The highest BCUT2D eigenvalue weighted by Gasteiger charge is 2.04. The molecule has 1 nitrogen and oxygen atoms in total. The Kier molecular flexibility index (Phi) is 4.29. The quantitative estimate of drug-likeness (QED) is 0.626. The fourth-order valence-electron chi connectivity index (χ4n) is 0.899. The topological polar surface area (TPSA) is 17.1 Å². The number of hydrogen-bond donors (Lipinski definition) is 1. The van der Waals surface area contributed by atoms with Gasteiger partial charge in [-0.2, -0.15) is 0 Å². The Bertz CT molecular complexity index is 358. The van der Waals surface area contributed by atoms with E-state index in [1.54, 1.807) is 6.92 Å². The largest absolute Gasteiger partial charge is 0.282 e. The summed E-state index contributed by atoms with van der Waals surface area (Å²) in [4.78, 5) is 12.2. The highest BCUT2D eigenvalue weighted by Crippen LogP contribution is 2.21. The zero-order valence-electron chi connectivity index (χ0n) is 7.99. The first-order chi connectivity index (χ1) is 6.61. The molecule has 0 aliphatic heterocycles. The minimum Gasteiger partial charge on any atom is -0.282 e. The minimum atomic E-state index is 0.0431. The second-order valence-electron chi connectivity index (χ2n) is 2.99. The minimum absolute atomic E-state index is 0.0431. The summed E-state index contributed by atoms with van der Waals surface area (Å²) in [5.74, 6) is 0.658. The van der Waals surface area contributed by atoms with E-state index in [-0.39, 0.29) is 5.12 Å². The maximum atomic E-state index is 11.3. The zero-order valence-corrected chi connectivity index (χ0v) is 9.70. The van der Waals surface area contributed by atoms with E-state index in [2.05, 4.69) is 19.2 Å². The van der Waals surface area contributed by atoms with Gasteiger partial charge in [-0.25, -0.2) is 0 Å². The van der Waals surface area contributed by atoms with E-state index in [1.807, 2.05) is 24.3 Å². The molecule has 0 atom stereocenters. The smallest absolute Gasteiger partial charge is 0.214 e. The van der Waals surface area contributed by atoms with Crippen molar-refractivity contribution in [1.29, 1.82) is 0 Å². The van der Waals surface area contributed by atoms with Gasteiger partial charge in [0, 0.05) is 10.6 Å². The monoisotopic (exact) mass is 224 g/mol. The third kappa shape index (κ3) is 3.24. The van der Waals surface area contributed by atoms with Crippen LogP contribution in [-0.2, 0) is 10.5 Å². The van der Waals surface area contributed by atoms with Crippen molar-refractivity contribution in [2.24, 2.45) is 0 Å². The molecule has 1 aromatic rings. The van der Waals surface area contributed by atoms with Crippen molar-refractivity contribution in [3.63, 3.8) is 0 Å². The molecule has 74 valence electrons. The van der Waals surface area contributed by atoms with Gasteiger partial charge < -0.3 is 0 Å². The molecule has 0 saturated carbocycles. The van der Waals surface area contributed by atoms with Crippen molar-refractivity contribution in [3.05, 3.63) is 42.0 Å². The van der Waals surface area contributed by atoms with Crippen LogP contribution in [-0.4, -0.2) is 5.12 Å². The summed E-state index contributed by atoms with van der Waals surface area (Å²) in [6.07, 6.45) is 0. The standard InChI is InChI=1S/C11H12OS2/c1-8(2)11(12)14-7-9-5-3-4-6-10(9)13/h3-6,13H,1,7H2,2H3. The van der Waals surface area contributed by atoms with Gasteiger partial charge in [0.15, 0.2) is 0 Å². The van der Waals surface area contributed by atoms with Crippen LogP contribution in [0.15, 0.2) is 41.3 Å². The van der Waals surface area contributed by atoms with Gasteiger partial charge in [-0.3, -0.25) is 4.79 Å². The molecular formula is C11H12OS2. The van der Waals surface area contributed by atoms with Gasteiger partial charge in [-0.15, -0.1) is 12.6 Å². The lowest BCUT2D eigenvalue weighted by Gasteiger charge is -2.03. The number of benzene rings is 1. The highest BCUT2D eigenvalue weighted by molar-refractivity contribution is 8.13. The number of carbonyl (C=O) groups is 1. The molecule has 0 fully saturated rings. The summed E-state index contributed by atoms with van der Waals surface area (Å²) in [6, 6.07) is 7.77. The molecule has 0 aliphatic rings. The lowest BCUT2D eigenvalue weighted by atomic mass is 10.2. The molecule has 0 saturated heterocycles. The molecule has 0 amide bonds. The van der Waals surface area contributed by atoms with Crippen LogP contribution in [0.2, 0.25) is 0 Å². The highest BCUT2D eigenvalue weighted by atomic mass is 32.2. The summed E-state index contributed by atoms with van der Waals surface area (Å²) in [5, 5.41) is 0.0431. The Morgan fingerprint density at radius 3 is 2.71 bits per heavy atom. The Labute approximate surface area is 94.0 Å². The summed E-state index contributed by atoms with van der Waals surface area (Å²) in [6.45, 7) is 5.32. The SMILES string of the molecule is C=C(C)C(=O)SCc1ccccc1S. The molecule has 0 aromatic heterocycles. The summed E-state index contributed by atoms with van der Waals surface area (Å²) < 4.78 is 0. The summed E-state index contributed by atoms with van der Waals surface area (Å²) >= 11 is 5.57. The molecular weight excluding hydrogens is 212 g/mol. The van der Waals surface area contributed by atoms with Crippen molar-refractivity contribution in [1.82, 2.24) is 0 Å². The molecule has 3 heteroatoms. The van der Waals surface area contributed by atoms with Crippen LogP contribution in [0, 0.1) is 0 Å². The number of thioether (sulfide) groups is 1. The molecule has 0 unspecified atom stereocenters. The van der Waals surface area contributed by atoms with Gasteiger partial charge >= 0.3 is 0 Å². The van der Waals surface area contributed by atoms with Crippen LogP contribution in [0.3, 0.4) is 0 Å².